The van der Waals surface area contributed by atoms with E-state index in [1.807, 2.05) is 23.5 Å². The summed E-state index contributed by atoms with van der Waals surface area (Å²) >= 11 is 5.53. The van der Waals surface area contributed by atoms with Crippen LogP contribution in [-0.2, 0) is 7.05 Å². The molecule has 0 bridgehead atoms. The molecular weight excluding hydrogens is 298 g/mol. The van der Waals surface area contributed by atoms with E-state index in [1.165, 1.54) is 25.7 Å². The summed E-state index contributed by atoms with van der Waals surface area (Å²) in [6, 6.07) is 0. The van der Waals surface area contributed by atoms with Crippen molar-refractivity contribution < 1.29 is 0 Å². The number of alkyl halides is 1. The molecule has 0 atom stereocenters. The molecule has 0 fully saturated rings. The van der Waals surface area contributed by atoms with Gasteiger partial charge in [-0.1, -0.05) is 54.4 Å². The largest absolute Gasteiger partial charge is 0.244 e. The molecule has 1 aromatic heterocycles. The first-order valence-corrected chi connectivity index (χ1v) is 8.31. The average Bonchev–Trinajstić information content (AvgIpc) is 2.72. The zero-order chi connectivity index (χ0) is 12.7. The van der Waals surface area contributed by atoms with Gasteiger partial charge in [-0.05, 0) is 18.3 Å². The predicted octanol–water partition coefficient (Wildman–Crippen LogP) is 3.89. The number of hydrogen-bond donors (Lipinski definition) is 0. The van der Waals surface area contributed by atoms with Gasteiger partial charge in [-0.15, -0.1) is 0 Å². The fourth-order valence-electron chi connectivity index (χ4n) is 2.14. The Morgan fingerprint density at radius 3 is 2.41 bits per heavy atom. The molecular formula is C12H22BrN3S. The summed E-state index contributed by atoms with van der Waals surface area (Å²) in [7, 11) is 1.95. The fraction of sp³-hybridized carbons (Fsp3) is 0.833. The molecule has 0 radical (unpaired) electrons. The van der Waals surface area contributed by atoms with Crippen molar-refractivity contribution in [1.29, 1.82) is 0 Å². The molecule has 0 unspecified atom stereocenters. The van der Waals surface area contributed by atoms with Gasteiger partial charge in [-0.3, -0.25) is 0 Å². The second-order valence-electron chi connectivity index (χ2n) is 4.59. The maximum Gasteiger partial charge on any atom is 0.185 e. The van der Waals surface area contributed by atoms with Crippen LogP contribution in [0.15, 0.2) is 11.5 Å². The van der Waals surface area contributed by atoms with Crippen LogP contribution in [0.4, 0.5) is 0 Å². The molecule has 3 nitrogen and oxygen atoms in total. The summed E-state index contributed by atoms with van der Waals surface area (Å²) in [5.41, 5.74) is 0.403. The Morgan fingerprint density at radius 2 is 2.00 bits per heavy atom. The number of hydrogen-bond acceptors (Lipinski definition) is 3. The number of halogens is 1. The van der Waals surface area contributed by atoms with Crippen LogP contribution in [0.2, 0.25) is 0 Å². The topological polar surface area (TPSA) is 30.7 Å². The minimum absolute atomic E-state index is 0.403. The SMILES string of the molecule is CCCC(CBr)(CCC)CSc1ncnn1C. The second kappa shape index (κ2) is 7.41. The third kappa shape index (κ3) is 4.28. The fourth-order valence-corrected chi connectivity index (χ4v) is 4.34. The maximum atomic E-state index is 4.27. The first kappa shape index (κ1) is 15.0. The minimum Gasteiger partial charge on any atom is -0.244 e. The van der Waals surface area contributed by atoms with Crippen LogP contribution in [0.5, 0.6) is 0 Å². The Morgan fingerprint density at radius 1 is 1.35 bits per heavy atom. The lowest BCUT2D eigenvalue weighted by molar-refractivity contribution is 0.319. The molecule has 1 aromatic rings. The van der Waals surface area contributed by atoms with Crippen LogP contribution in [0.1, 0.15) is 39.5 Å². The van der Waals surface area contributed by atoms with Gasteiger partial charge in [0.25, 0.3) is 0 Å². The van der Waals surface area contributed by atoms with E-state index in [0.717, 1.165) is 16.2 Å². The van der Waals surface area contributed by atoms with Gasteiger partial charge in [0.1, 0.15) is 6.33 Å². The van der Waals surface area contributed by atoms with E-state index < -0.39 is 0 Å². The first-order valence-electron chi connectivity index (χ1n) is 6.20. The molecule has 0 aliphatic rings. The van der Waals surface area contributed by atoms with Crippen LogP contribution >= 0.6 is 27.7 Å². The molecule has 5 heteroatoms. The van der Waals surface area contributed by atoms with Gasteiger partial charge in [-0.2, -0.15) is 5.10 Å². The van der Waals surface area contributed by atoms with E-state index in [1.54, 1.807) is 6.33 Å². The van der Waals surface area contributed by atoms with E-state index in [2.05, 4.69) is 39.9 Å². The van der Waals surface area contributed by atoms with Crippen LogP contribution in [0.25, 0.3) is 0 Å². The molecule has 0 saturated heterocycles. The van der Waals surface area contributed by atoms with Gasteiger partial charge < -0.3 is 0 Å². The third-order valence-electron chi connectivity index (χ3n) is 3.02. The smallest absolute Gasteiger partial charge is 0.185 e. The number of aryl methyl sites for hydroxylation is 1. The summed E-state index contributed by atoms with van der Waals surface area (Å²) < 4.78 is 1.85. The van der Waals surface area contributed by atoms with E-state index in [-0.39, 0.29) is 0 Å². The van der Waals surface area contributed by atoms with Crippen molar-refractivity contribution in [3.05, 3.63) is 6.33 Å². The number of aromatic nitrogens is 3. The van der Waals surface area contributed by atoms with Gasteiger partial charge in [0, 0.05) is 18.1 Å². The molecule has 1 heterocycles. The van der Waals surface area contributed by atoms with Crippen LogP contribution in [0.3, 0.4) is 0 Å². The lowest BCUT2D eigenvalue weighted by Crippen LogP contribution is -2.25. The van der Waals surface area contributed by atoms with Crippen LogP contribution in [-0.4, -0.2) is 25.8 Å². The Hall–Kier alpha value is -0.0300. The zero-order valence-corrected chi connectivity index (χ0v) is 13.4. The lowest BCUT2D eigenvalue weighted by Gasteiger charge is -2.31. The molecule has 17 heavy (non-hydrogen) atoms. The van der Waals surface area contributed by atoms with Crippen molar-refractivity contribution in [2.75, 3.05) is 11.1 Å². The molecule has 0 saturated carbocycles. The summed E-state index contributed by atoms with van der Waals surface area (Å²) in [6.07, 6.45) is 6.65. The van der Waals surface area contributed by atoms with Gasteiger partial charge in [0.15, 0.2) is 5.16 Å². The summed E-state index contributed by atoms with van der Waals surface area (Å²) in [6.45, 7) is 4.53. The van der Waals surface area contributed by atoms with Crippen molar-refractivity contribution in [3.8, 4) is 0 Å². The number of rotatable bonds is 8. The lowest BCUT2D eigenvalue weighted by atomic mass is 9.83. The number of nitrogens with zero attached hydrogens (tertiary/aromatic N) is 3. The Bertz CT molecular complexity index is 321. The highest BCUT2D eigenvalue weighted by atomic mass is 79.9. The van der Waals surface area contributed by atoms with E-state index in [4.69, 9.17) is 0 Å². The molecule has 0 aliphatic heterocycles. The van der Waals surface area contributed by atoms with Crippen molar-refractivity contribution >= 4 is 27.7 Å². The van der Waals surface area contributed by atoms with Crippen molar-refractivity contribution in [2.24, 2.45) is 12.5 Å². The highest BCUT2D eigenvalue weighted by Crippen LogP contribution is 2.37. The zero-order valence-electron chi connectivity index (χ0n) is 10.9. The monoisotopic (exact) mass is 319 g/mol. The van der Waals surface area contributed by atoms with E-state index >= 15 is 0 Å². The van der Waals surface area contributed by atoms with Gasteiger partial charge in [0.05, 0.1) is 0 Å². The molecule has 0 spiro atoms. The maximum absolute atomic E-state index is 4.27. The van der Waals surface area contributed by atoms with Crippen LogP contribution < -0.4 is 0 Å². The van der Waals surface area contributed by atoms with Gasteiger partial charge in [-0.25, -0.2) is 9.67 Å². The Labute approximate surface area is 117 Å². The highest BCUT2D eigenvalue weighted by Gasteiger charge is 2.27. The molecule has 98 valence electrons. The van der Waals surface area contributed by atoms with Crippen LogP contribution in [0, 0.1) is 5.41 Å². The predicted molar refractivity (Wildman–Crippen MR) is 77.8 cm³/mol. The summed E-state index contributed by atoms with van der Waals surface area (Å²) in [4.78, 5) is 4.27. The molecule has 1 rings (SSSR count). The quantitative estimate of drug-likeness (QED) is 0.538. The van der Waals surface area contributed by atoms with E-state index in [0.29, 0.717) is 5.41 Å². The summed E-state index contributed by atoms with van der Waals surface area (Å²) in [5, 5.41) is 6.20. The van der Waals surface area contributed by atoms with Crippen molar-refractivity contribution in [3.63, 3.8) is 0 Å². The second-order valence-corrected chi connectivity index (χ2v) is 6.09. The molecule has 0 aromatic carbocycles. The Kier molecular flexibility index (Phi) is 6.55. The van der Waals surface area contributed by atoms with E-state index in [9.17, 15) is 0 Å². The standard InChI is InChI=1S/C12H22BrN3S/c1-4-6-12(8-13,7-5-2)9-17-11-14-10-15-16(11)3/h10H,4-9H2,1-3H3. The first-order chi connectivity index (χ1) is 8.17. The van der Waals surface area contributed by atoms with Crippen molar-refractivity contribution in [1.82, 2.24) is 14.8 Å². The molecule has 0 amide bonds. The number of thioether (sulfide) groups is 1. The van der Waals surface area contributed by atoms with Crippen molar-refractivity contribution in [2.45, 2.75) is 44.7 Å². The average molecular weight is 320 g/mol. The molecule has 0 N–H and O–H groups in total. The minimum atomic E-state index is 0.403. The highest BCUT2D eigenvalue weighted by molar-refractivity contribution is 9.09. The van der Waals surface area contributed by atoms with Gasteiger partial charge >= 0.3 is 0 Å². The third-order valence-corrected chi connectivity index (χ3v) is 5.60. The Balaban J connectivity index is 2.62. The van der Waals surface area contributed by atoms with Gasteiger partial charge in [0.2, 0.25) is 0 Å². The normalized spacial score (nSPS) is 12.0. The molecule has 0 aliphatic carbocycles. The summed E-state index contributed by atoms with van der Waals surface area (Å²) in [5.74, 6) is 1.12.